The lowest BCUT2D eigenvalue weighted by molar-refractivity contribution is 0.102. The third-order valence-corrected chi connectivity index (χ3v) is 6.44. The molecule has 3 rings (SSSR count). The molecular weight excluding hydrogens is 352 g/mol. The van der Waals surface area contributed by atoms with Crippen molar-refractivity contribution in [1.29, 1.82) is 0 Å². The molecule has 0 aromatic heterocycles. The Morgan fingerprint density at radius 2 is 1.77 bits per heavy atom. The first-order valence-corrected chi connectivity index (χ1v) is 9.95. The molecule has 0 saturated carbocycles. The predicted octanol–water partition coefficient (Wildman–Crippen LogP) is 3.05. The van der Waals surface area contributed by atoms with Crippen LogP contribution in [0.2, 0.25) is 0 Å². The summed E-state index contributed by atoms with van der Waals surface area (Å²) in [6, 6.07) is 9.41. The smallest absolute Gasteiger partial charge is 0.259 e. The van der Waals surface area contributed by atoms with Gasteiger partial charge in [-0.2, -0.15) is 4.31 Å². The van der Waals surface area contributed by atoms with Gasteiger partial charge in [-0.1, -0.05) is 17.7 Å². The highest BCUT2D eigenvalue weighted by Gasteiger charge is 2.28. The van der Waals surface area contributed by atoms with Crippen LogP contribution in [0, 0.1) is 13.8 Å². The van der Waals surface area contributed by atoms with Gasteiger partial charge in [0.05, 0.1) is 10.5 Å². The Labute approximate surface area is 153 Å². The van der Waals surface area contributed by atoms with Crippen molar-refractivity contribution < 1.29 is 18.3 Å². The van der Waals surface area contributed by atoms with Gasteiger partial charge in [-0.25, -0.2) is 8.42 Å². The van der Waals surface area contributed by atoms with E-state index < -0.39 is 15.9 Å². The van der Waals surface area contributed by atoms with Crippen molar-refractivity contribution in [3.8, 4) is 5.75 Å². The minimum atomic E-state index is -3.66. The molecule has 1 aliphatic heterocycles. The summed E-state index contributed by atoms with van der Waals surface area (Å²) in [5.41, 5.74) is 2.51. The van der Waals surface area contributed by atoms with Crippen LogP contribution in [0.3, 0.4) is 0 Å². The molecule has 1 aliphatic rings. The summed E-state index contributed by atoms with van der Waals surface area (Å²) in [6.07, 6.45) is 1.66. The maximum Gasteiger partial charge on any atom is 0.259 e. The van der Waals surface area contributed by atoms with Gasteiger partial charge in [0.25, 0.3) is 5.91 Å². The number of phenolic OH excluding ortho intramolecular Hbond substituents is 1. The fourth-order valence-corrected chi connectivity index (χ4v) is 4.62. The molecule has 26 heavy (non-hydrogen) atoms. The Morgan fingerprint density at radius 1 is 1.08 bits per heavy atom. The number of hydrogen-bond acceptors (Lipinski definition) is 4. The second-order valence-electron chi connectivity index (χ2n) is 6.56. The summed E-state index contributed by atoms with van der Waals surface area (Å²) in [5.74, 6) is -0.805. The van der Waals surface area contributed by atoms with Gasteiger partial charge in [0.2, 0.25) is 10.0 Å². The third kappa shape index (κ3) is 3.59. The van der Waals surface area contributed by atoms with E-state index in [0.717, 1.165) is 24.0 Å². The van der Waals surface area contributed by atoms with Crippen molar-refractivity contribution in [2.75, 3.05) is 18.4 Å². The van der Waals surface area contributed by atoms with Gasteiger partial charge in [0.1, 0.15) is 5.75 Å². The number of nitrogens with zero attached hydrogens (tertiary/aromatic N) is 1. The van der Waals surface area contributed by atoms with Crippen LogP contribution in [-0.2, 0) is 10.0 Å². The number of carbonyl (C=O) groups is 1. The molecule has 1 fully saturated rings. The van der Waals surface area contributed by atoms with Gasteiger partial charge >= 0.3 is 0 Å². The zero-order valence-corrected chi connectivity index (χ0v) is 15.6. The molecule has 1 amide bonds. The van der Waals surface area contributed by atoms with Crippen LogP contribution in [0.5, 0.6) is 5.75 Å². The van der Waals surface area contributed by atoms with Gasteiger partial charge in [0, 0.05) is 18.8 Å². The molecule has 2 aromatic rings. The molecule has 6 nitrogen and oxygen atoms in total. The molecule has 0 atom stereocenters. The standard InChI is InChI=1S/C19H22N2O4S/c1-13-5-7-17(14(2)11-13)20-19(23)16-12-15(6-8-18(16)22)26(24,25)21-9-3-4-10-21/h5-8,11-12,22H,3-4,9-10H2,1-2H3,(H,20,23). The number of aryl methyl sites for hydroxylation is 2. The minimum Gasteiger partial charge on any atom is -0.507 e. The second-order valence-corrected chi connectivity index (χ2v) is 8.50. The first-order chi connectivity index (χ1) is 12.3. The van der Waals surface area contributed by atoms with E-state index in [2.05, 4.69) is 5.32 Å². The van der Waals surface area contributed by atoms with Crippen molar-refractivity contribution >= 4 is 21.6 Å². The highest BCUT2D eigenvalue weighted by molar-refractivity contribution is 7.89. The monoisotopic (exact) mass is 374 g/mol. The van der Waals surface area contributed by atoms with Gasteiger partial charge in [0.15, 0.2) is 0 Å². The summed E-state index contributed by atoms with van der Waals surface area (Å²) in [4.78, 5) is 12.6. The number of rotatable bonds is 4. The predicted molar refractivity (Wildman–Crippen MR) is 100.0 cm³/mol. The zero-order chi connectivity index (χ0) is 18.9. The van der Waals surface area contributed by atoms with E-state index in [1.807, 2.05) is 26.0 Å². The maximum absolute atomic E-state index is 12.7. The quantitative estimate of drug-likeness (QED) is 0.861. The highest BCUT2D eigenvalue weighted by atomic mass is 32.2. The van der Waals surface area contributed by atoms with Crippen LogP contribution >= 0.6 is 0 Å². The molecule has 1 saturated heterocycles. The Balaban J connectivity index is 1.91. The molecule has 7 heteroatoms. The number of sulfonamides is 1. The lowest BCUT2D eigenvalue weighted by Gasteiger charge is -2.16. The van der Waals surface area contributed by atoms with Crippen LogP contribution in [0.1, 0.15) is 34.3 Å². The zero-order valence-electron chi connectivity index (χ0n) is 14.8. The first-order valence-electron chi connectivity index (χ1n) is 8.51. The van der Waals surface area contributed by atoms with Crippen LogP contribution < -0.4 is 5.32 Å². The van der Waals surface area contributed by atoms with Gasteiger partial charge in [-0.05, 0) is 56.5 Å². The normalized spacial score (nSPS) is 15.2. The number of hydrogen-bond donors (Lipinski definition) is 2. The van der Waals surface area contributed by atoms with Crippen molar-refractivity contribution in [3.05, 3.63) is 53.1 Å². The summed E-state index contributed by atoms with van der Waals surface area (Å²) in [5, 5.41) is 12.8. The molecule has 0 spiro atoms. The molecule has 0 radical (unpaired) electrons. The fraction of sp³-hybridized carbons (Fsp3) is 0.316. The molecule has 2 aromatic carbocycles. The van der Waals surface area contributed by atoms with Crippen molar-refractivity contribution in [2.45, 2.75) is 31.6 Å². The average molecular weight is 374 g/mol. The third-order valence-electron chi connectivity index (χ3n) is 4.55. The van der Waals surface area contributed by atoms with Crippen LogP contribution in [0.25, 0.3) is 0 Å². The summed E-state index contributed by atoms with van der Waals surface area (Å²) >= 11 is 0. The van der Waals surface area contributed by atoms with Gasteiger partial charge in [-0.15, -0.1) is 0 Å². The molecule has 0 aliphatic carbocycles. The van der Waals surface area contributed by atoms with E-state index in [1.54, 1.807) is 6.07 Å². The Morgan fingerprint density at radius 3 is 2.42 bits per heavy atom. The number of phenols is 1. The van der Waals surface area contributed by atoms with Gasteiger partial charge < -0.3 is 10.4 Å². The second kappa shape index (κ2) is 7.09. The summed E-state index contributed by atoms with van der Waals surface area (Å²) < 4.78 is 26.8. The average Bonchev–Trinajstić information content (AvgIpc) is 3.13. The number of anilines is 1. The van der Waals surface area contributed by atoms with Crippen LogP contribution in [-0.4, -0.2) is 36.8 Å². The highest BCUT2D eigenvalue weighted by Crippen LogP contribution is 2.27. The summed E-state index contributed by atoms with van der Waals surface area (Å²) in [6.45, 7) is 4.79. The van der Waals surface area contributed by atoms with E-state index in [0.29, 0.717) is 18.8 Å². The Bertz CT molecular complexity index is 948. The van der Waals surface area contributed by atoms with Gasteiger partial charge in [-0.3, -0.25) is 4.79 Å². The van der Waals surface area contributed by atoms with E-state index in [-0.39, 0.29) is 16.2 Å². The van der Waals surface area contributed by atoms with E-state index in [1.165, 1.54) is 22.5 Å². The minimum absolute atomic E-state index is 0.0166. The fourth-order valence-electron chi connectivity index (χ4n) is 3.08. The van der Waals surface area contributed by atoms with Crippen molar-refractivity contribution in [2.24, 2.45) is 0 Å². The van der Waals surface area contributed by atoms with E-state index in [9.17, 15) is 18.3 Å². The number of nitrogens with one attached hydrogen (secondary N) is 1. The largest absolute Gasteiger partial charge is 0.507 e. The molecular formula is C19H22N2O4S. The molecule has 138 valence electrons. The lowest BCUT2D eigenvalue weighted by Crippen LogP contribution is -2.28. The van der Waals surface area contributed by atoms with E-state index in [4.69, 9.17) is 0 Å². The van der Waals surface area contributed by atoms with E-state index >= 15 is 0 Å². The number of benzene rings is 2. The van der Waals surface area contributed by atoms with Crippen LogP contribution in [0.15, 0.2) is 41.3 Å². The molecule has 0 bridgehead atoms. The summed E-state index contributed by atoms with van der Waals surface area (Å²) in [7, 11) is -3.66. The molecule has 1 heterocycles. The topological polar surface area (TPSA) is 86.7 Å². The van der Waals surface area contributed by atoms with Crippen molar-refractivity contribution in [1.82, 2.24) is 4.31 Å². The Kier molecular flexibility index (Phi) is 5.02. The molecule has 0 unspecified atom stereocenters. The number of aromatic hydroxyl groups is 1. The lowest BCUT2D eigenvalue weighted by atomic mass is 10.1. The van der Waals surface area contributed by atoms with Crippen LogP contribution in [0.4, 0.5) is 5.69 Å². The number of amides is 1. The molecule has 2 N–H and O–H groups in total. The number of carbonyl (C=O) groups excluding carboxylic acids is 1. The maximum atomic E-state index is 12.7. The SMILES string of the molecule is Cc1ccc(NC(=O)c2cc(S(=O)(=O)N3CCCC3)ccc2O)c(C)c1. The van der Waals surface area contributed by atoms with Crippen molar-refractivity contribution in [3.63, 3.8) is 0 Å². The Hall–Kier alpha value is -2.38. The first kappa shape index (κ1) is 18.4.